The molecule has 0 aliphatic carbocycles. The van der Waals surface area contributed by atoms with Crippen LogP contribution in [-0.2, 0) is 11.2 Å². The molecule has 0 atom stereocenters. The Morgan fingerprint density at radius 1 is 1.50 bits per heavy atom. The molecule has 118 valence electrons. The molecule has 6 heteroatoms. The summed E-state index contributed by atoms with van der Waals surface area (Å²) in [6.07, 6.45) is 0.223. The number of rotatable bonds is 2. The van der Waals surface area contributed by atoms with E-state index in [9.17, 15) is 10.1 Å². The van der Waals surface area contributed by atoms with Gasteiger partial charge in [0.2, 0.25) is 0 Å². The summed E-state index contributed by atoms with van der Waals surface area (Å²) in [4.78, 5) is 13.6. The van der Waals surface area contributed by atoms with Crippen molar-refractivity contribution in [3.8, 4) is 6.07 Å². The average molecular weight is 433 g/mol. The monoisotopic (exact) mass is 432 g/mol. The first-order valence-electron chi connectivity index (χ1n) is 6.97. The van der Waals surface area contributed by atoms with Crippen molar-refractivity contribution < 1.29 is 9.53 Å². The molecule has 0 N–H and O–H groups in total. The van der Waals surface area contributed by atoms with Crippen molar-refractivity contribution in [2.24, 2.45) is 5.41 Å². The van der Waals surface area contributed by atoms with Gasteiger partial charge in [-0.2, -0.15) is 5.26 Å². The molecule has 1 aliphatic rings. The molecule has 1 aromatic carbocycles. The second-order valence-electron chi connectivity index (χ2n) is 6.64. The van der Waals surface area contributed by atoms with Gasteiger partial charge in [-0.15, -0.1) is 0 Å². The molecule has 22 heavy (non-hydrogen) atoms. The van der Waals surface area contributed by atoms with E-state index in [0.717, 1.165) is 9.13 Å². The van der Waals surface area contributed by atoms with E-state index in [1.54, 1.807) is 4.90 Å². The largest absolute Gasteiger partial charge is 0.444 e. The van der Waals surface area contributed by atoms with Crippen molar-refractivity contribution in [1.29, 1.82) is 5.26 Å². The Labute approximate surface area is 149 Å². The number of ether oxygens (including phenoxy) is 1. The van der Waals surface area contributed by atoms with Crippen LogP contribution in [0.25, 0.3) is 0 Å². The molecule has 1 amide bonds. The van der Waals surface area contributed by atoms with E-state index < -0.39 is 11.0 Å². The van der Waals surface area contributed by atoms with E-state index in [-0.39, 0.29) is 6.09 Å². The summed E-state index contributed by atoms with van der Waals surface area (Å²) < 4.78 is 6.40. The number of benzene rings is 1. The minimum absolute atomic E-state index is 0.362. The van der Waals surface area contributed by atoms with Crippen LogP contribution in [0.5, 0.6) is 0 Å². The van der Waals surface area contributed by atoms with E-state index in [1.807, 2.05) is 39.0 Å². The molecule has 1 heterocycles. The fourth-order valence-electron chi connectivity index (χ4n) is 2.41. The molecule has 4 nitrogen and oxygen atoms in total. The van der Waals surface area contributed by atoms with Gasteiger partial charge < -0.3 is 9.64 Å². The molecule has 0 bridgehead atoms. The third-order valence-corrected chi connectivity index (χ3v) is 4.70. The van der Waals surface area contributed by atoms with Crippen LogP contribution in [-0.4, -0.2) is 29.7 Å². The minimum Gasteiger partial charge on any atom is -0.444 e. The number of nitrogens with zero attached hydrogens (tertiary/aromatic N) is 2. The second kappa shape index (κ2) is 6.25. The molecule has 0 unspecified atom stereocenters. The van der Waals surface area contributed by atoms with Gasteiger partial charge in [0.05, 0.1) is 11.5 Å². The molecule has 0 radical (unpaired) electrons. The molecule has 1 aliphatic heterocycles. The Balaban J connectivity index is 2.04. The lowest BCUT2D eigenvalue weighted by Gasteiger charge is -2.45. The molecule has 1 aromatic rings. The smallest absolute Gasteiger partial charge is 0.410 e. The topological polar surface area (TPSA) is 53.3 Å². The summed E-state index contributed by atoms with van der Waals surface area (Å²) in [6, 6.07) is 8.02. The predicted molar refractivity (Wildman–Crippen MR) is 93.7 cm³/mol. The van der Waals surface area contributed by atoms with Gasteiger partial charge in [-0.25, -0.2) is 4.79 Å². The minimum atomic E-state index is -0.554. The summed E-state index contributed by atoms with van der Waals surface area (Å²) in [5.74, 6) is 0. The van der Waals surface area contributed by atoms with Gasteiger partial charge >= 0.3 is 6.09 Å². The average Bonchev–Trinajstić information content (AvgIpc) is 2.35. The van der Waals surface area contributed by atoms with Crippen molar-refractivity contribution in [3.05, 3.63) is 32.4 Å². The van der Waals surface area contributed by atoms with Crippen LogP contribution in [0, 0.1) is 20.3 Å². The summed E-state index contributed by atoms with van der Waals surface area (Å²) in [6.45, 7) is 6.27. The van der Waals surface area contributed by atoms with Crippen LogP contribution in [0.1, 0.15) is 26.3 Å². The second-order valence-corrected chi connectivity index (χ2v) is 8.24. The molecule has 0 aromatic heterocycles. The standard InChI is InChI=1S/C16H18ClIN2O2/c1-15(2,3)22-14(21)20-9-16(8-19,10-20)7-11-6-12(17)4-5-13(11)18/h4-6H,7,9-10H2,1-3H3. The fourth-order valence-corrected chi connectivity index (χ4v) is 3.13. The van der Waals surface area contributed by atoms with E-state index in [1.165, 1.54) is 0 Å². The van der Waals surface area contributed by atoms with E-state index >= 15 is 0 Å². The van der Waals surface area contributed by atoms with E-state index in [4.69, 9.17) is 16.3 Å². The SMILES string of the molecule is CC(C)(C)OC(=O)N1CC(C#N)(Cc2cc(Cl)ccc2I)C1. The molecule has 0 spiro atoms. The van der Waals surface area contributed by atoms with Gasteiger partial charge in [0.1, 0.15) is 5.60 Å². The fraction of sp³-hybridized carbons (Fsp3) is 0.500. The highest BCUT2D eigenvalue weighted by atomic mass is 127. The van der Waals surface area contributed by atoms with Crippen molar-refractivity contribution in [2.75, 3.05) is 13.1 Å². The summed E-state index contributed by atoms with van der Waals surface area (Å²) in [7, 11) is 0. The van der Waals surface area contributed by atoms with Gasteiger partial charge in [0.15, 0.2) is 0 Å². The van der Waals surface area contributed by atoms with E-state index in [2.05, 4.69) is 28.7 Å². The number of hydrogen-bond acceptors (Lipinski definition) is 3. The molecular formula is C16H18ClIN2O2. The maximum absolute atomic E-state index is 12.0. The molecule has 2 rings (SSSR count). The zero-order valence-electron chi connectivity index (χ0n) is 12.8. The zero-order chi connectivity index (χ0) is 16.5. The first-order valence-corrected chi connectivity index (χ1v) is 8.43. The van der Waals surface area contributed by atoms with Crippen LogP contribution >= 0.6 is 34.2 Å². The first kappa shape index (κ1) is 17.4. The normalized spacial score (nSPS) is 16.6. The molecule has 1 saturated heterocycles. The summed E-state index contributed by atoms with van der Waals surface area (Å²) in [5, 5.41) is 10.2. The highest BCUT2D eigenvalue weighted by Crippen LogP contribution is 2.36. The first-order chi connectivity index (χ1) is 10.1. The highest BCUT2D eigenvalue weighted by molar-refractivity contribution is 14.1. The number of hydrogen-bond donors (Lipinski definition) is 0. The van der Waals surface area contributed by atoms with Crippen molar-refractivity contribution in [2.45, 2.75) is 32.8 Å². The maximum atomic E-state index is 12.0. The van der Waals surface area contributed by atoms with Crippen LogP contribution in [0.2, 0.25) is 5.02 Å². The Morgan fingerprint density at radius 2 is 2.14 bits per heavy atom. The maximum Gasteiger partial charge on any atom is 0.410 e. The van der Waals surface area contributed by atoms with Gasteiger partial charge in [-0.3, -0.25) is 0 Å². The van der Waals surface area contributed by atoms with Gasteiger partial charge in [0.25, 0.3) is 0 Å². The van der Waals surface area contributed by atoms with Gasteiger partial charge in [-0.1, -0.05) is 11.6 Å². The number of nitriles is 1. The number of carbonyl (C=O) groups is 1. The number of halogens is 2. The lowest BCUT2D eigenvalue weighted by Crippen LogP contribution is -2.59. The van der Waals surface area contributed by atoms with Gasteiger partial charge in [0, 0.05) is 21.7 Å². The number of carbonyl (C=O) groups excluding carboxylic acids is 1. The third kappa shape index (κ3) is 4.05. The van der Waals surface area contributed by atoms with Crippen LogP contribution in [0.15, 0.2) is 18.2 Å². The summed E-state index contributed by atoms with van der Waals surface area (Å²) in [5.41, 5.74) is -0.0373. The zero-order valence-corrected chi connectivity index (χ0v) is 15.7. The Kier molecular flexibility index (Phi) is 4.93. The Morgan fingerprint density at radius 3 is 2.68 bits per heavy atom. The van der Waals surface area contributed by atoms with Gasteiger partial charge in [-0.05, 0) is 73.5 Å². The van der Waals surface area contributed by atoms with Crippen LogP contribution < -0.4 is 0 Å². The van der Waals surface area contributed by atoms with Crippen LogP contribution in [0.4, 0.5) is 4.79 Å². The quantitative estimate of drug-likeness (QED) is 0.657. The molecule has 1 fully saturated rings. The highest BCUT2D eigenvalue weighted by Gasteiger charge is 2.47. The third-order valence-electron chi connectivity index (χ3n) is 3.41. The van der Waals surface area contributed by atoms with E-state index in [0.29, 0.717) is 24.5 Å². The predicted octanol–water partition coefficient (Wildman–Crippen LogP) is 4.25. The van der Waals surface area contributed by atoms with Crippen LogP contribution in [0.3, 0.4) is 0 Å². The molecule has 0 saturated carbocycles. The lowest BCUT2D eigenvalue weighted by atomic mass is 9.76. The number of likely N-dealkylation sites (tertiary alicyclic amines) is 1. The summed E-state index contributed by atoms with van der Waals surface area (Å²) >= 11 is 8.27. The lowest BCUT2D eigenvalue weighted by molar-refractivity contribution is -0.0162. The van der Waals surface area contributed by atoms with Crippen molar-refractivity contribution in [1.82, 2.24) is 4.90 Å². The van der Waals surface area contributed by atoms with Crippen molar-refractivity contribution in [3.63, 3.8) is 0 Å². The number of amides is 1. The Hall–Kier alpha value is -1.000. The molecular weight excluding hydrogens is 415 g/mol. The Bertz CT molecular complexity index is 628. The van der Waals surface area contributed by atoms with Crippen molar-refractivity contribution >= 4 is 40.3 Å².